The van der Waals surface area contributed by atoms with Crippen LogP contribution in [0.3, 0.4) is 0 Å². The van der Waals surface area contributed by atoms with E-state index in [2.05, 4.69) is 20.4 Å². The van der Waals surface area contributed by atoms with Crippen molar-refractivity contribution in [2.75, 3.05) is 25.5 Å². The maximum Gasteiger partial charge on any atom is 0.417 e. The van der Waals surface area contributed by atoms with Crippen molar-refractivity contribution in [3.05, 3.63) is 47.2 Å². The van der Waals surface area contributed by atoms with Crippen molar-refractivity contribution in [2.24, 2.45) is 0 Å². The van der Waals surface area contributed by atoms with Crippen molar-refractivity contribution in [1.29, 1.82) is 0 Å². The molecule has 0 amide bonds. The third-order valence-corrected chi connectivity index (χ3v) is 5.54. The summed E-state index contributed by atoms with van der Waals surface area (Å²) in [4.78, 5) is 2.17. The largest absolute Gasteiger partial charge is 0.417 e. The van der Waals surface area contributed by atoms with E-state index in [1.807, 2.05) is 7.05 Å². The topological polar surface area (TPSA) is 45.5 Å². The molecule has 0 radical (unpaired) electrons. The van der Waals surface area contributed by atoms with Gasteiger partial charge in [-0.15, -0.1) is 10.2 Å². The van der Waals surface area contributed by atoms with Crippen molar-refractivity contribution < 1.29 is 26.3 Å². The normalized spacial score (nSPS) is 18.3. The van der Waals surface area contributed by atoms with Gasteiger partial charge in [0.05, 0.1) is 16.6 Å². The molecule has 1 aromatic carbocycles. The molecule has 4 rings (SSSR count). The Hall–Kier alpha value is -2.82. The van der Waals surface area contributed by atoms with Gasteiger partial charge in [-0.25, -0.2) is 0 Å². The lowest BCUT2D eigenvalue weighted by Crippen LogP contribution is -2.40. The third kappa shape index (κ3) is 4.38. The van der Waals surface area contributed by atoms with E-state index in [-0.39, 0.29) is 17.8 Å². The van der Waals surface area contributed by atoms with Crippen LogP contribution in [0.2, 0.25) is 0 Å². The zero-order valence-corrected chi connectivity index (χ0v) is 17.3. The maximum absolute atomic E-state index is 13.7. The Morgan fingerprint density at radius 2 is 1.78 bits per heavy atom. The lowest BCUT2D eigenvalue weighted by molar-refractivity contribution is -0.142. The van der Waals surface area contributed by atoms with E-state index in [0.717, 1.165) is 37.6 Å². The first-order valence-electron chi connectivity index (χ1n) is 10.0. The summed E-state index contributed by atoms with van der Waals surface area (Å²) in [7, 11) is 2.00. The Morgan fingerprint density at radius 3 is 2.44 bits per heavy atom. The Kier molecular flexibility index (Phi) is 5.56. The van der Waals surface area contributed by atoms with Gasteiger partial charge < -0.3 is 10.2 Å². The minimum absolute atomic E-state index is 0.0941. The van der Waals surface area contributed by atoms with Crippen molar-refractivity contribution in [1.82, 2.24) is 19.5 Å². The highest BCUT2D eigenvalue weighted by molar-refractivity contribution is 5.81. The fourth-order valence-corrected chi connectivity index (χ4v) is 4.07. The first-order valence-corrected chi connectivity index (χ1v) is 10.0. The number of rotatable bonds is 3. The fourth-order valence-electron chi connectivity index (χ4n) is 4.07. The second-order valence-corrected chi connectivity index (χ2v) is 8.15. The molecule has 1 N–H and O–H groups in total. The zero-order chi connectivity index (χ0) is 23.3. The van der Waals surface area contributed by atoms with Gasteiger partial charge in [-0.2, -0.15) is 26.3 Å². The van der Waals surface area contributed by atoms with Crippen LogP contribution in [-0.4, -0.2) is 45.7 Å². The summed E-state index contributed by atoms with van der Waals surface area (Å²) < 4.78 is 81.8. The highest BCUT2D eigenvalue weighted by atomic mass is 19.4. The molecule has 1 fully saturated rings. The van der Waals surface area contributed by atoms with Gasteiger partial charge in [0.1, 0.15) is 5.69 Å². The van der Waals surface area contributed by atoms with E-state index in [9.17, 15) is 26.3 Å². The number of halogens is 6. The van der Waals surface area contributed by atoms with Gasteiger partial charge in [0.15, 0.2) is 0 Å². The molecule has 1 unspecified atom stereocenters. The summed E-state index contributed by atoms with van der Waals surface area (Å²) in [6.07, 6.45) is -6.28. The molecule has 0 spiro atoms. The molecule has 1 aliphatic rings. The number of anilines is 1. The molecule has 0 saturated carbocycles. The lowest BCUT2D eigenvalue weighted by Gasteiger charge is -2.30. The Bertz CT molecular complexity index is 1130. The second-order valence-electron chi connectivity index (χ2n) is 8.15. The van der Waals surface area contributed by atoms with Crippen LogP contribution in [0.25, 0.3) is 16.8 Å². The molecule has 11 heteroatoms. The van der Waals surface area contributed by atoms with Crippen LogP contribution in [0.15, 0.2) is 30.5 Å². The SMILES string of the molecule is Cc1cc2c(-c3ccc(C(F)(F)F)cc3C(F)(F)F)nnc(NC3CCCN(C)C3)n2c1. The van der Waals surface area contributed by atoms with Crippen LogP contribution >= 0.6 is 0 Å². The average molecular weight is 457 g/mol. The fraction of sp³-hybridized carbons (Fsp3) is 0.429. The molecule has 2 aromatic heterocycles. The van der Waals surface area contributed by atoms with Gasteiger partial charge in [-0.1, -0.05) is 6.07 Å². The number of aromatic nitrogens is 3. The number of benzene rings is 1. The third-order valence-electron chi connectivity index (χ3n) is 5.54. The van der Waals surface area contributed by atoms with Crippen molar-refractivity contribution in [3.8, 4) is 11.3 Å². The number of nitrogens with zero attached hydrogens (tertiary/aromatic N) is 4. The van der Waals surface area contributed by atoms with Crippen LogP contribution in [0.5, 0.6) is 0 Å². The number of aryl methyl sites for hydroxylation is 1. The first-order chi connectivity index (χ1) is 14.9. The smallest absolute Gasteiger partial charge is 0.350 e. The minimum Gasteiger partial charge on any atom is -0.350 e. The van der Waals surface area contributed by atoms with Crippen LogP contribution in [0.1, 0.15) is 29.5 Å². The van der Waals surface area contributed by atoms with Crippen LogP contribution in [0.4, 0.5) is 32.3 Å². The molecular formula is C21H21F6N5. The number of likely N-dealkylation sites (N-methyl/N-ethyl adjacent to an activating group) is 1. The Labute approximate surface area is 180 Å². The maximum atomic E-state index is 13.7. The van der Waals surface area contributed by atoms with Gasteiger partial charge in [0, 0.05) is 24.3 Å². The molecule has 0 bridgehead atoms. The van der Waals surface area contributed by atoms with Crippen molar-refractivity contribution in [3.63, 3.8) is 0 Å². The van der Waals surface area contributed by atoms with Gasteiger partial charge >= 0.3 is 12.4 Å². The number of likely N-dealkylation sites (tertiary alicyclic amines) is 1. The standard InChI is InChI=1S/C21H21F6N5/c1-12-8-17-18(15-6-5-13(20(22,23)24)9-16(15)21(25,26)27)29-30-19(32(17)10-12)28-14-4-3-7-31(2)11-14/h5-6,8-10,14H,3-4,7,11H2,1-2H3,(H,28,30). The summed E-state index contributed by atoms with van der Waals surface area (Å²) in [5.41, 5.74) is -2.28. The molecule has 3 aromatic rings. The number of nitrogens with one attached hydrogen (secondary N) is 1. The number of hydrogen-bond donors (Lipinski definition) is 1. The van der Waals surface area contributed by atoms with E-state index in [4.69, 9.17) is 0 Å². The van der Waals surface area contributed by atoms with Crippen molar-refractivity contribution >= 4 is 11.5 Å². The van der Waals surface area contributed by atoms with Gasteiger partial charge in [-0.3, -0.25) is 4.40 Å². The number of alkyl halides is 6. The van der Waals surface area contributed by atoms with Gasteiger partial charge in [-0.05, 0) is 57.1 Å². The highest BCUT2D eigenvalue weighted by Crippen LogP contribution is 2.41. The summed E-state index contributed by atoms with van der Waals surface area (Å²) >= 11 is 0. The molecular weight excluding hydrogens is 436 g/mol. The molecule has 1 saturated heterocycles. The summed E-state index contributed by atoms with van der Waals surface area (Å²) in [6, 6.07) is 3.29. The summed E-state index contributed by atoms with van der Waals surface area (Å²) in [6.45, 7) is 3.53. The second kappa shape index (κ2) is 7.95. The molecule has 3 heterocycles. The number of hydrogen-bond acceptors (Lipinski definition) is 4. The van der Waals surface area contributed by atoms with E-state index >= 15 is 0 Å². The highest BCUT2D eigenvalue weighted by Gasteiger charge is 2.39. The molecule has 172 valence electrons. The average Bonchev–Trinajstić information content (AvgIpc) is 3.08. The predicted molar refractivity (Wildman–Crippen MR) is 107 cm³/mol. The van der Waals surface area contributed by atoms with E-state index in [1.165, 1.54) is 0 Å². The number of piperidine rings is 1. The van der Waals surface area contributed by atoms with Gasteiger partial charge in [0.25, 0.3) is 0 Å². The van der Waals surface area contributed by atoms with E-state index < -0.39 is 29.0 Å². The Balaban J connectivity index is 1.82. The van der Waals surface area contributed by atoms with Crippen LogP contribution in [-0.2, 0) is 12.4 Å². The molecule has 1 atom stereocenters. The van der Waals surface area contributed by atoms with E-state index in [1.54, 1.807) is 23.6 Å². The first kappa shape index (κ1) is 22.4. The van der Waals surface area contributed by atoms with E-state index in [0.29, 0.717) is 17.5 Å². The Morgan fingerprint density at radius 1 is 1.03 bits per heavy atom. The summed E-state index contributed by atoms with van der Waals surface area (Å²) in [5, 5.41) is 11.4. The minimum atomic E-state index is -5.00. The summed E-state index contributed by atoms with van der Waals surface area (Å²) in [5.74, 6) is 0.373. The quantitative estimate of drug-likeness (QED) is 0.546. The predicted octanol–water partition coefficient (Wildman–Crippen LogP) is 5.25. The molecule has 5 nitrogen and oxygen atoms in total. The van der Waals surface area contributed by atoms with Crippen LogP contribution in [0, 0.1) is 6.92 Å². The monoisotopic (exact) mass is 457 g/mol. The van der Waals surface area contributed by atoms with Gasteiger partial charge in [0.2, 0.25) is 5.95 Å². The molecule has 32 heavy (non-hydrogen) atoms. The molecule has 0 aliphatic carbocycles. The number of fused-ring (bicyclic) bond motifs is 1. The zero-order valence-electron chi connectivity index (χ0n) is 17.3. The molecule has 1 aliphatic heterocycles. The lowest BCUT2D eigenvalue weighted by atomic mass is 10.00. The van der Waals surface area contributed by atoms with Crippen LogP contribution < -0.4 is 5.32 Å². The van der Waals surface area contributed by atoms with Crippen molar-refractivity contribution in [2.45, 2.75) is 38.2 Å².